The van der Waals surface area contributed by atoms with Crippen LogP contribution < -0.4 is 5.73 Å². The average molecular weight is 351 g/mol. The predicted octanol–water partition coefficient (Wildman–Crippen LogP) is 0.791. The summed E-state index contributed by atoms with van der Waals surface area (Å²) in [5, 5.41) is 0. The Morgan fingerprint density at radius 2 is 1.96 bits per heavy atom. The first-order chi connectivity index (χ1) is 11.8. The lowest BCUT2D eigenvalue weighted by atomic mass is 9.78. The molecule has 0 radical (unpaired) electrons. The average Bonchev–Trinajstić information content (AvgIpc) is 3.00. The van der Waals surface area contributed by atoms with Crippen LogP contribution in [0.4, 0.5) is 8.78 Å². The topological polar surface area (TPSA) is 83.7 Å². The number of carbonyl (C=O) groups is 3. The molecule has 8 heteroatoms. The maximum absolute atomic E-state index is 13.9. The van der Waals surface area contributed by atoms with E-state index in [4.69, 9.17) is 5.73 Å². The van der Waals surface area contributed by atoms with Crippen molar-refractivity contribution in [3.63, 3.8) is 0 Å². The summed E-state index contributed by atoms with van der Waals surface area (Å²) in [5.41, 5.74) is 4.37. The third-order valence-corrected chi connectivity index (χ3v) is 5.07. The molecule has 2 fully saturated rings. The molecule has 134 valence electrons. The molecule has 0 aromatic heterocycles. The van der Waals surface area contributed by atoms with E-state index >= 15 is 0 Å². The normalized spacial score (nSPS) is 23.4. The van der Waals surface area contributed by atoms with E-state index in [1.54, 1.807) is 0 Å². The van der Waals surface area contributed by atoms with Crippen molar-refractivity contribution >= 4 is 17.7 Å². The number of rotatable bonds is 2. The summed E-state index contributed by atoms with van der Waals surface area (Å²) in [6, 6.07) is 3.88. The zero-order valence-corrected chi connectivity index (χ0v) is 13.6. The molecule has 1 spiro atoms. The second kappa shape index (κ2) is 6.42. The monoisotopic (exact) mass is 351 g/mol. The molecule has 1 atom stereocenters. The zero-order valence-electron chi connectivity index (χ0n) is 13.6. The van der Waals surface area contributed by atoms with Crippen LogP contribution in [0, 0.1) is 17.0 Å². The molecule has 2 saturated heterocycles. The van der Waals surface area contributed by atoms with Crippen molar-refractivity contribution in [2.75, 3.05) is 19.6 Å². The number of carbonyl (C=O) groups excluding carboxylic acids is 3. The molecule has 0 aliphatic carbocycles. The third-order valence-electron chi connectivity index (χ3n) is 5.07. The Labute approximate surface area is 143 Å². The van der Waals surface area contributed by atoms with Crippen LogP contribution in [0.2, 0.25) is 0 Å². The van der Waals surface area contributed by atoms with Crippen molar-refractivity contribution in [1.82, 2.24) is 9.80 Å². The van der Waals surface area contributed by atoms with Gasteiger partial charge >= 0.3 is 11.8 Å². The highest BCUT2D eigenvalue weighted by molar-refractivity contribution is 6.34. The minimum absolute atomic E-state index is 0.0199. The zero-order chi connectivity index (χ0) is 18.2. The Kier molecular flexibility index (Phi) is 4.45. The van der Waals surface area contributed by atoms with Crippen LogP contribution in [0.3, 0.4) is 0 Å². The van der Waals surface area contributed by atoms with Crippen molar-refractivity contribution in [2.24, 2.45) is 11.1 Å². The van der Waals surface area contributed by atoms with Gasteiger partial charge in [0.15, 0.2) is 11.6 Å². The van der Waals surface area contributed by atoms with E-state index in [2.05, 4.69) is 0 Å². The molecule has 0 bridgehead atoms. The van der Waals surface area contributed by atoms with Gasteiger partial charge in [-0.05, 0) is 25.3 Å². The SMILES string of the molecule is NC(=O)C(=O)N1CCC2(CCCN(Cc3cccc(F)c3F)C2=O)C1. The van der Waals surface area contributed by atoms with Gasteiger partial charge in [-0.1, -0.05) is 12.1 Å². The number of primary amides is 1. The van der Waals surface area contributed by atoms with Crippen molar-refractivity contribution in [3.8, 4) is 0 Å². The number of hydrogen-bond donors (Lipinski definition) is 1. The van der Waals surface area contributed by atoms with Crippen LogP contribution in [0.5, 0.6) is 0 Å². The molecule has 25 heavy (non-hydrogen) atoms. The Balaban J connectivity index is 1.77. The summed E-state index contributed by atoms with van der Waals surface area (Å²) in [6.07, 6.45) is 1.73. The van der Waals surface area contributed by atoms with E-state index in [0.717, 1.165) is 6.07 Å². The molecule has 2 aliphatic rings. The van der Waals surface area contributed by atoms with Gasteiger partial charge in [-0.3, -0.25) is 14.4 Å². The van der Waals surface area contributed by atoms with Crippen molar-refractivity contribution in [1.29, 1.82) is 0 Å². The van der Waals surface area contributed by atoms with E-state index in [0.29, 0.717) is 25.8 Å². The molecule has 1 unspecified atom stereocenters. The van der Waals surface area contributed by atoms with Crippen molar-refractivity contribution < 1.29 is 23.2 Å². The molecular weight excluding hydrogens is 332 g/mol. The quantitative estimate of drug-likeness (QED) is 0.800. The summed E-state index contributed by atoms with van der Waals surface area (Å²) in [4.78, 5) is 38.6. The van der Waals surface area contributed by atoms with E-state index in [1.807, 2.05) is 0 Å². The van der Waals surface area contributed by atoms with E-state index in [9.17, 15) is 23.2 Å². The second-order valence-electron chi connectivity index (χ2n) is 6.66. The molecule has 2 heterocycles. The molecule has 3 rings (SSSR count). The van der Waals surface area contributed by atoms with Gasteiger partial charge in [-0.15, -0.1) is 0 Å². The smallest absolute Gasteiger partial charge is 0.311 e. The Hall–Kier alpha value is -2.51. The number of hydrogen-bond acceptors (Lipinski definition) is 3. The van der Waals surface area contributed by atoms with Crippen LogP contribution in [0.15, 0.2) is 18.2 Å². The largest absolute Gasteiger partial charge is 0.361 e. The van der Waals surface area contributed by atoms with E-state index < -0.39 is 28.9 Å². The van der Waals surface area contributed by atoms with Gasteiger partial charge in [0.1, 0.15) is 0 Å². The lowest BCUT2D eigenvalue weighted by molar-refractivity contribution is -0.148. The molecule has 2 aliphatic heterocycles. The van der Waals surface area contributed by atoms with Crippen LogP contribution in [0.1, 0.15) is 24.8 Å². The number of amides is 3. The Bertz CT molecular complexity index is 740. The number of nitrogens with two attached hydrogens (primary N) is 1. The van der Waals surface area contributed by atoms with E-state index in [1.165, 1.54) is 21.9 Å². The predicted molar refractivity (Wildman–Crippen MR) is 83.8 cm³/mol. The molecule has 1 aromatic carbocycles. The van der Waals surface area contributed by atoms with Crippen LogP contribution >= 0.6 is 0 Å². The summed E-state index contributed by atoms with van der Waals surface area (Å²) in [6.45, 7) is 0.847. The molecule has 0 saturated carbocycles. The lowest BCUT2D eigenvalue weighted by Crippen LogP contribution is -2.50. The number of piperidine rings is 1. The maximum Gasteiger partial charge on any atom is 0.311 e. The van der Waals surface area contributed by atoms with Gasteiger partial charge in [-0.2, -0.15) is 0 Å². The molecule has 2 N–H and O–H groups in total. The fourth-order valence-corrected chi connectivity index (χ4v) is 3.76. The Morgan fingerprint density at radius 1 is 1.20 bits per heavy atom. The molecule has 3 amide bonds. The summed E-state index contributed by atoms with van der Waals surface area (Å²) < 4.78 is 27.3. The summed E-state index contributed by atoms with van der Waals surface area (Å²) in [5.74, 6) is -3.93. The van der Waals surface area contributed by atoms with Gasteiger partial charge in [-0.25, -0.2) is 8.78 Å². The highest BCUT2D eigenvalue weighted by Crippen LogP contribution is 2.40. The standard InChI is InChI=1S/C17H19F2N3O3/c18-12-4-1-3-11(13(12)19)9-21-7-2-5-17(16(21)25)6-8-22(10-17)15(24)14(20)23/h1,3-4H,2,5-10H2,(H2,20,23). The van der Waals surface area contributed by atoms with Crippen LogP contribution in [-0.4, -0.2) is 47.2 Å². The molecule has 6 nitrogen and oxygen atoms in total. The first-order valence-electron chi connectivity index (χ1n) is 8.15. The number of benzene rings is 1. The minimum atomic E-state index is -1.04. The Morgan fingerprint density at radius 3 is 2.68 bits per heavy atom. The first kappa shape index (κ1) is 17.3. The highest BCUT2D eigenvalue weighted by Gasteiger charge is 2.49. The number of likely N-dealkylation sites (tertiary alicyclic amines) is 2. The first-order valence-corrected chi connectivity index (χ1v) is 8.15. The summed E-state index contributed by atoms with van der Waals surface area (Å²) in [7, 11) is 0. The van der Waals surface area contributed by atoms with E-state index in [-0.39, 0.29) is 31.1 Å². The second-order valence-corrected chi connectivity index (χ2v) is 6.66. The number of halogens is 2. The maximum atomic E-state index is 13.9. The van der Waals surface area contributed by atoms with Gasteiger partial charge in [0.2, 0.25) is 5.91 Å². The third kappa shape index (κ3) is 3.08. The minimum Gasteiger partial charge on any atom is -0.361 e. The van der Waals surface area contributed by atoms with Gasteiger partial charge in [0, 0.05) is 31.7 Å². The lowest BCUT2D eigenvalue weighted by Gasteiger charge is -2.39. The van der Waals surface area contributed by atoms with Gasteiger partial charge in [0.25, 0.3) is 0 Å². The number of nitrogens with zero attached hydrogens (tertiary/aromatic N) is 2. The fourth-order valence-electron chi connectivity index (χ4n) is 3.76. The van der Waals surface area contributed by atoms with Gasteiger partial charge < -0.3 is 15.5 Å². The highest BCUT2D eigenvalue weighted by atomic mass is 19.2. The molecule has 1 aromatic rings. The van der Waals surface area contributed by atoms with Crippen molar-refractivity contribution in [2.45, 2.75) is 25.8 Å². The van der Waals surface area contributed by atoms with Crippen molar-refractivity contribution in [3.05, 3.63) is 35.4 Å². The summed E-state index contributed by atoms with van der Waals surface area (Å²) >= 11 is 0. The van der Waals surface area contributed by atoms with Crippen LogP contribution in [-0.2, 0) is 20.9 Å². The van der Waals surface area contributed by atoms with Gasteiger partial charge in [0.05, 0.1) is 5.41 Å². The molecular formula is C17H19F2N3O3. The fraction of sp³-hybridized carbons (Fsp3) is 0.471. The van der Waals surface area contributed by atoms with Crippen LogP contribution in [0.25, 0.3) is 0 Å².